The Hall–Kier alpha value is -1.93. The van der Waals surface area contributed by atoms with E-state index in [-0.39, 0.29) is 6.42 Å². The van der Waals surface area contributed by atoms with Crippen LogP contribution >= 0.6 is 0 Å². The van der Waals surface area contributed by atoms with Crippen molar-refractivity contribution in [2.75, 3.05) is 0 Å². The number of carboxylic acids is 1. The molecule has 20 heavy (non-hydrogen) atoms. The van der Waals surface area contributed by atoms with Crippen molar-refractivity contribution < 1.29 is 9.90 Å². The molecule has 0 unspecified atom stereocenters. The van der Waals surface area contributed by atoms with Crippen LogP contribution in [0.2, 0.25) is 0 Å². The van der Waals surface area contributed by atoms with Crippen molar-refractivity contribution >= 4 is 5.97 Å². The lowest BCUT2D eigenvalue weighted by Gasteiger charge is -1.96. The van der Waals surface area contributed by atoms with Crippen LogP contribution in [-0.4, -0.2) is 11.1 Å². The van der Waals surface area contributed by atoms with Crippen LogP contribution in [0.5, 0.6) is 0 Å². The molecule has 0 aliphatic heterocycles. The maximum atomic E-state index is 10.2. The topological polar surface area (TPSA) is 37.3 Å². The summed E-state index contributed by atoms with van der Waals surface area (Å²) < 4.78 is 0. The number of hydrogen-bond acceptors (Lipinski definition) is 1. The van der Waals surface area contributed by atoms with Gasteiger partial charge in [0.1, 0.15) is 0 Å². The lowest BCUT2D eigenvalue weighted by molar-refractivity contribution is -0.135. The fourth-order valence-corrected chi connectivity index (χ4v) is 1.58. The van der Waals surface area contributed by atoms with Gasteiger partial charge in [0, 0.05) is 6.42 Å². The third-order valence-corrected chi connectivity index (χ3v) is 2.62. The first-order valence-electron chi connectivity index (χ1n) is 7.23. The van der Waals surface area contributed by atoms with Crippen LogP contribution in [0.15, 0.2) is 24.3 Å². The molecule has 0 amide bonds. The van der Waals surface area contributed by atoms with E-state index in [4.69, 9.17) is 5.11 Å². The summed E-state index contributed by atoms with van der Waals surface area (Å²) in [6, 6.07) is 0. The van der Waals surface area contributed by atoms with Crippen LogP contribution in [0.25, 0.3) is 0 Å². The second-order valence-corrected chi connectivity index (χ2v) is 4.45. The van der Waals surface area contributed by atoms with E-state index in [1.165, 1.54) is 44.3 Å². The molecule has 0 rings (SSSR count). The van der Waals surface area contributed by atoms with Gasteiger partial charge in [-0.1, -0.05) is 49.3 Å². The van der Waals surface area contributed by atoms with Crippen molar-refractivity contribution in [1.82, 2.24) is 0 Å². The van der Waals surface area contributed by atoms with E-state index < -0.39 is 5.97 Å². The van der Waals surface area contributed by atoms with Crippen LogP contribution in [-0.2, 0) is 4.79 Å². The third-order valence-electron chi connectivity index (χ3n) is 2.62. The van der Waals surface area contributed by atoms with Gasteiger partial charge in [0.15, 0.2) is 0 Å². The Morgan fingerprint density at radius 3 is 2.55 bits per heavy atom. The molecular formula is C18H24O2. The largest absolute Gasteiger partial charge is 0.481 e. The zero-order valence-corrected chi connectivity index (χ0v) is 12.3. The van der Waals surface area contributed by atoms with E-state index in [1.54, 1.807) is 0 Å². The Kier molecular flexibility index (Phi) is 13.7. The van der Waals surface area contributed by atoms with Gasteiger partial charge in [0.05, 0.1) is 6.42 Å². The summed E-state index contributed by atoms with van der Waals surface area (Å²) in [6.07, 6.45) is 15.7. The van der Waals surface area contributed by atoms with Crippen LogP contribution in [0.3, 0.4) is 0 Å². The Labute approximate surface area is 123 Å². The standard InChI is InChI=1S/C18H24O2/c1-2-3-4-5-6-7-8-9-10-11-12-13-14-15-16-17-18(19)20/h2-3,15-16H,4-10,17H2,1H3,(H,19,20). The highest BCUT2D eigenvalue weighted by atomic mass is 16.4. The predicted molar refractivity (Wildman–Crippen MR) is 84.1 cm³/mol. The summed E-state index contributed by atoms with van der Waals surface area (Å²) in [5.74, 6) is 10.3. The number of rotatable bonds is 9. The van der Waals surface area contributed by atoms with Crippen molar-refractivity contribution in [2.24, 2.45) is 0 Å². The molecule has 0 spiro atoms. The normalized spacial score (nSPS) is 10.1. The number of hydrogen-bond donors (Lipinski definition) is 1. The van der Waals surface area contributed by atoms with Crippen molar-refractivity contribution in [2.45, 2.75) is 58.3 Å². The summed E-state index contributed by atoms with van der Waals surface area (Å²) in [5, 5.41) is 8.39. The van der Waals surface area contributed by atoms with E-state index in [0.29, 0.717) is 0 Å². The Bertz CT molecular complexity index is 422. The Morgan fingerprint density at radius 1 is 1.05 bits per heavy atom. The maximum absolute atomic E-state index is 10.2. The molecule has 0 atom stereocenters. The highest BCUT2D eigenvalue weighted by Gasteiger charge is 1.88. The molecule has 0 saturated heterocycles. The van der Waals surface area contributed by atoms with Gasteiger partial charge in [-0.15, -0.1) is 0 Å². The van der Waals surface area contributed by atoms with E-state index in [9.17, 15) is 4.79 Å². The molecule has 108 valence electrons. The monoisotopic (exact) mass is 272 g/mol. The molecule has 0 aromatic heterocycles. The smallest absolute Gasteiger partial charge is 0.307 e. The number of aliphatic carboxylic acids is 1. The fourth-order valence-electron chi connectivity index (χ4n) is 1.58. The average Bonchev–Trinajstić information content (AvgIpc) is 2.43. The molecule has 2 nitrogen and oxygen atoms in total. The van der Waals surface area contributed by atoms with Gasteiger partial charge < -0.3 is 5.11 Å². The Morgan fingerprint density at radius 2 is 1.80 bits per heavy atom. The molecular weight excluding hydrogens is 248 g/mol. The van der Waals surface area contributed by atoms with Gasteiger partial charge in [-0.05, 0) is 44.1 Å². The summed E-state index contributed by atoms with van der Waals surface area (Å²) >= 11 is 0. The summed E-state index contributed by atoms with van der Waals surface area (Å²) in [4.78, 5) is 10.2. The molecule has 0 radical (unpaired) electrons. The lowest BCUT2D eigenvalue weighted by atomic mass is 10.1. The van der Waals surface area contributed by atoms with E-state index >= 15 is 0 Å². The molecule has 0 aliphatic carbocycles. The highest BCUT2D eigenvalue weighted by Crippen LogP contribution is 2.06. The summed E-state index contributed by atoms with van der Waals surface area (Å²) in [6.45, 7) is 2.06. The van der Waals surface area contributed by atoms with Gasteiger partial charge in [0.25, 0.3) is 0 Å². The number of carbonyl (C=O) groups is 1. The van der Waals surface area contributed by atoms with Gasteiger partial charge in [-0.25, -0.2) is 0 Å². The molecule has 0 saturated carbocycles. The average molecular weight is 272 g/mol. The quantitative estimate of drug-likeness (QED) is 0.385. The predicted octanol–water partition coefficient (Wildman–Crippen LogP) is 4.33. The van der Waals surface area contributed by atoms with Gasteiger partial charge in [0.2, 0.25) is 0 Å². The molecule has 1 N–H and O–H groups in total. The maximum Gasteiger partial charge on any atom is 0.307 e. The molecule has 2 heteroatoms. The molecule has 0 aliphatic rings. The highest BCUT2D eigenvalue weighted by molar-refractivity contribution is 5.68. The minimum Gasteiger partial charge on any atom is -0.481 e. The summed E-state index contributed by atoms with van der Waals surface area (Å²) in [7, 11) is 0. The SMILES string of the molecule is CC=CCCCCCCCC#CC#CC=CCC(=O)O. The van der Waals surface area contributed by atoms with Crippen molar-refractivity contribution in [3.63, 3.8) is 0 Å². The molecule has 0 heterocycles. The van der Waals surface area contributed by atoms with E-state index in [0.717, 1.165) is 12.8 Å². The Balaban J connectivity index is 3.43. The fraction of sp³-hybridized carbons (Fsp3) is 0.500. The van der Waals surface area contributed by atoms with Crippen LogP contribution in [0.1, 0.15) is 58.3 Å². The molecule has 0 aromatic rings. The third kappa shape index (κ3) is 16.1. The second kappa shape index (κ2) is 15.1. The number of allylic oxidation sites excluding steroid dienone is 3. The zero-order chi connectivity index (χ0) is 14.9. The van der Waals surface area contributed by atoms with Crippen LogP contribution in [0, 0.1) is 23.7 Å². The first-order valence-corrected chi connectivity index (χ1v) is 7.23. The van der Waals surface area contributed by atoms with Gasteiger partial charge in [-0.2, -0.15) is 0 Å². The number of carboxylic acid groups (broad SMARTS) is 1. The minimum absolute atomic E-state index is 0.0101. The van der Waals surface area contributed by atoms with Gasteiger partial charge >= 0.3 is 5.97 Å². The lowest BCUT2D eigenvalue weighted by Crippen LogP contribution is -1.89. The molecule has 0 aromatic carbocycles. The van der Waals surface area contributed by atoms with Crippen LogP contribution < -0.4 is 0 Å². The minimum atomic E-state index is -0.847. The van der Waals surface area contributed by atoms with E-state index in [2.05, 4.69) is 42.8 Å². The van der Waals surface area contributed by atoms with Gasteiger partial charge in [-0.3, -0.25) is 4.79 Å². The first kappa shape index (κ1) is 18.1. The van der Waals surface area contributed by atoms with Crippen LogP contribution in [0.4, 0.5) is 0 Å². The zero-order valence-electron chi connectivity index (χ0n) is 12.3. The number of unbranched alkanes of at least 4 members (excludes halogenated alkanes) is 6. The molecule has 0 bridgehead atoms. The first-order chi connectivity index (χ1) is 9.77. The van der Waals surface area contributed by atoms with E-state index in [1.807, 2.05) is 0 Å². The molecule has 0 fully saturated rings. The van der Waals surface area contributed by atoms with Crippen molar-refractivity contribution in [3.8, 4) is 23.7 Å². The van der Waals surface area contributed by atoms with Crippen molar-refractivity contribution in [1.29, 1.82) is 0 Å². The summed E-state index contributed by atoms with van der Waals surface area (Å²) in [5.41, 5.74) is 0. The second-order valence-electron chi connectivity index (χ2n) is 4.45. The van der Waals surface area contributed by atoms with Crippen molar-refractivity contribution in [3.05, 3.63) is 24.3 Å².